The molecule has 0 saturated carbocycles. The molecular weight excluding hydrogens is 102 g/mol. The van der Waals surface area contributed by atoms with Gasteiger partial charge in [-0.25, -0.2) is 0 Å². The fraction of sp³-hybridized carbons (Fsp3) is 0.333. The van der Waals surface area contributed by atoms with Crippen molar-refractivity contribution in [3.8, 4) is 0 Å². The van der Waals surface area contributed by atoms with Crippen LogP contribution >= 0.6 is 0 Å². The Kier molecular flexibility index (Phi) is 5.38. The SMILES string of the molecule is C/C=C\[N]O/C=C\C. The Morgan fingerprint density at radius 2 is 2.00 bits per heavy atom. The predicted molar refractivity (Wildman–Crippen MR) is 32.8 cm³/mol. The lowest BCUT2D eigenvalue weighted by Gasteiger charge is -1.87. The van der Waals surface area contributed by atoms with E-state index in [-0.39, 0.29) is 0 Å². The third-order valence-electron chi connectivity index (χ3n) is 0.468. The summed E-state index contributed by atoms with van der Waals surface area (Å²) < 4.78 is 0. The zero-order chi connectivity index (χ0) is 6.24. The van der Waals surface area contributed by atoms with Crippen LogP contribution in [-0.4, -0.2) is 0 Å². The summed E-state index contributed by atoms with van der Waals surface area (Å²) in [5.74, 6) is 0. The normalized spacial score (nSPS) is 10.8. The Hall–Kier alpha value is -0.920. The van der Waals surface area contributed by atoms with Crippen molar-refractivity contribution in [2.45, 2.75) is 13.8 Å². The second kappa shape index (κ2) is 6.08. The van der Waals surface area contributed by atoms with Gasteiger partial charge in [-0.1, -0.05) is 11.6 Å². The lowest BCUT2D eigenvalue weighted by molar-refractivity contribution is 0.166. The van der Waals surface area contributed by atoms with Gasteiger partial charge >= 0.3 is 0 Å². The Balaban J connectivity index is 2.93. The van der Waals surface area contributed by atoms with E-state index >= 15 is 0 Å². The van der Waals surface area contributed by atoms with Crippen LogP contribution in [0.5, 0.6) is 0 Å². The molecule has 0 heterocycles. The molecule has 0 N–H and O–H groups in total. The highest BCUT2D eigenvalue weighted by atomic mass is 16.6. The molecule has 0 unspecified atom stereocenters. The summed E-state index contributed by atoms with van der Waals surface area (Å²) in [7, 11) is 0. The highest BCUT2D eigenvalue weighted by Gasteiger charge is 1.67. The van der Waals surface area contributed by atoms with E-state index in [2.05, 4.69) is 10.3 Å². The first-order valence-corrected chi connectivity index (χ1v) is 2.50. The van der Waals surface area contributed by atoms with Gasteiger partial charge in [0.15, 0.2) is 0 Å². The van der Waals surface area contributed by atoms with E-state index in [1.54, 1.807) is 18.4 Å². The molecule has 0 spiro atoms. The molecule has 0 fully saturated rings. The van der Waals surface area contributed by atoms with Crippen LogP contribution in [0.2, 0.25) is 0 Å². The third-order valence-corrected chi connectivity index (χ3v) is 0.468. The highest BCUT2D eigenvalue weighted by Crippen LogP contribution is 1.72. The van der Waals surface area contributed by atoms with Crippen molar-refractivity contribution >= 4 is 0 Å². The first-order chi connectivity index (χ1) is 3.91. The number of nitrogens with zero attached hydrogens (tertiary/aromatic N) is 1. The molecule has 0 aromatic heterocycles. The Morgan fingerprint density at radius 1 is 1.25 bits per heavy atom. The third kappa shape index (κ3) is 5.08. The van der Waals surface area contributed by atoms with Crippen LogP contribution in [0.4, 0.5) is 0 Å². The van der Waals surface area contributed by atoms with Crippen molar-refractivity contribution in [1.29, 1.82) is 0 Å². The second-order valence-electron chi connectivity index (χ2n) is 1.16. The fourth-order valence-electron chi connectivity index (χ4n) is 0.192. The zero-order valence-corrected chi connectivity index (χ0v) is 5.16. The van der Waals surface area contributed by atoms with Gasteiger partial charge in [0.2, 0.25) is 0 Å². The van der Waals surface area contributed by atoms with Crippen LogP contribution in [0.1, 0.15) is 13.8 Å². The van der Waals surface area contributed by atoms with Gasteiger partial charge in [0.25, 0.3) is 0 Å². The molecule has 2 nitrogen and oxygen atoms in total. The van der Waals surface area contributed by atoms with E-state index in [0.29, 0.717) is 0 Å². The van der Waals surface area contributed by atoms with Gasteiger partial charge in [-0.15, -0.1) is 0 Å². The molecule has 0 aromatic carbocycles. The van der Waals surface area contributed by atoms with Crippen LogP contribution < -0.4 is 5.48 Å². The maximum absolute atomic E-state index is 4.58. The van der Waals surface area contributed by atoms with Gasteiger partial charge in [0.1, 0.15) is 6.26 Å². The molecule has 0 aliphatic carbocycles. The van der Waals surface area contributed by atoms with Crippen LogP contribution in [0.15, 0.2) is 24.6 Å². The molecule has 0 atom stereocenters. The summed E-state index contributed by atoms with van der Waals surface area (Å²) in [6.07, 6.45) is 6.66. The fourth-order valence-corrected chi connectivity index (χ4v) is 0.192. The van der Waals surface area contributed by atoms with E-state index in [4.69, 9.17) is 0 Å². The summed E-state index contributed by atoms with van der Waals surface area (Å²) >= 11 is 0. The van der Waals surface area contributed by atoms with Crippen molar-refractivity contribution in [2.75, 3.05) is 0 Å². The minimum Gasteiger partial charge on any atom is -0.365 e. The number of rotatable bonds is 3. The predicted octanol–water partition coefficient (Wildman–Crippen LogP) is 1.59. The van der Waals surface area contributed by atoms with E-state index in [0.717, 1.165) is 0 Å². The summed E-state index contributed by atoms with van der Waals surface area (Å²) in [4.78, 5) is 4.58. The molecular formula is C6H10NO. The topological polar surface area (TPSA) is 23.3 Å². The Bertz CT molecular complexity index is 74.5. The molecule has 0 bridgehead atoms. The second-order valence-corrected chi connectivity index (χ2v) is 1.16. The summed E-state index contributed by atoms with van der Waals surface area (Å²) in [6.45, 7) is 3.74. The number of allylic oxidation sites excluding steroid dienone is 2. The number of hydrogen-bond acceptors (Lipinski definition) is 1. The van der Waals surface area contributed by atoms with Crippen molar-refractivity contribution in [3.63, 3.8) is 0 Å². The molecule has 1 radical (unpaired) electrons. The quantitative estimate of drug-likeness (QED) is 0.309. The van der Waals surface area contributed by atoms with Crippen LogP contribution in [0, 0.1) is 0 Å². The lowest BCUT2D eigenvalue weighted by atomic mass is 10.7. The van der Waals surface area contributed by atoms with Gasteiger partial charge in [-0.05, 0) is 19.9 Å². The average molecular weight is 112 g/mol. The molecule has 0 aromatic rings. The van der Waals surface area contributed by atoms with Crippen molar-refractivity contribution < 1.29 is 4.84 Å². The highest BCUT2D eigenvalue weighted by molar-refractivity contribution is 4.71. The van der Waals surface area contributed by atoms with E-state index in [1.807, 2.05) is 13.8 Å². The largest absolute Gasteiger partial charge is 0.365 e. The molecule has 0 aliphatic heterocycles. The van der Waals surface area contributed by atoms with Crippen molar-refractivity contribution in [1.82, 2.24) is 5.48 Å². The van der Waals surface area contributed by atoms with E-state index < -0.39 is 0 Å². The van der Waals surface area contributed by atoms with E-state index in [1.165, 1.54) is 6.26 Å². The van der Waals surface area contributed by atoms with Crippen LogP contribution in [-0.2, 0) is 4.84 Å². The van der Waals surface area contributed by atoms with Gasteiger partial charge in [-0.3, -0.25) is 0 Å². The minimum atomic E-state index is 1.51. The summed E-state index contributed by atoms with van der Waals surface area (Å²) in [5.41, 5.74) is 3.51. The van der Waals surface area contributed by atoms with Gasteiger partial charge in [-0.2, -0.15) is 0 Å². The first kappa shape index (κ1) is 7.08. The van der Waals surface area contributed by atoms with Gasteiger partial charge in [0.05, 0.1) is 6.20 Å². The molecule has 0 rings (SSSR count). The molecule has 0 saturated heterocycles. The van der Waals surface area contributed by atoms with Crippen molar-refractivity contribution in [3.05, 3.63) is 24.6 Å². The monoisotopic (exact) mass is 112 g/mol. The smallest absolute Gasteiger partial charge is 0.117 e. The number of hydroxylamine groups is 1. The van der Waals surface area contributed by atoms with Gasteiger partial charge in [0, 0.05) is 0 Å². The standard InChI is InChI=1S/C6H10NO/c1-3-5-7-8-6-4-2/h3-6H,1-2H3/b5-3-,6-4-. The van der Waals surface area contributed by atoms with E-state index in [9.17, 15) is 0 Å². The molecule has 2 heteroatoms. The average Bonchev–Trinajstić information content (AvgIpc) is 1.81. The van der Waals surface area contributed by atoms with Gasteiger partial charge < -0.3 is 4.84 Å². The first-order valence-electron chi connectivity index (χ1n) is 2.50. The van der Waals surface area contributed by atoms with Crippen LogP contribution in [0.3, 0.4) is 0 Å². The molecule has 0 aliphatic rings. The molecule has 0 amide bonds. The summed E-state index contributed by atoms with van der Waals surface area (Å²) in [5, 5.41) is 0. The van der Waals surface area contributed by atoms with Crippen LogP contribution in [0.25, 0.3) is 0 Å². The Morgan fingerprint density at radius 3 is 2.50 bits per heavy atom. The summed E-state index contributed by atoms with van der Waals surface area (Å²) in [6, 6.07) is 0. The Labute approximate surface area is 49.8 Å². The number of hydrogen-bond donors (Lipinski definition) is 0. The maximum Gasteiger partial charge on any atom is 0.117 e. The van der Waals surface area contributed by atoms with Crippen molar-refractivity contribution in [2.24, 2.45) is 0 Å². The molecule has 8 heavy (non-hydrogen) atoms. The zero-order valence-electron chi connectivity index (χ0n) is 5.16. The lowest BCUT2D eigenvalue weighted by Crippen LogP contribution is -1.88. The molecule has 45 valence electrons. The minimum absolute atomic E-state index is 1.51. The maximum atomic E-state index is 4.58.